The smallest absolute Gasteiger partial charge is 0.106 e. The summed E-state index contributed by atoms with van der Waals surface area (Å²) >= 11 is 12.3. The number of halogens is 2. The molecule has 6 heteroatoms. The molecule has 4 nitrogen and oxygen atoms in total. The molecule has 23 heavy (non-hydrogen) atoms. The van der Waals surface area contributed by atoms with Crippen LogP contribution < -0.4 is 5.32 Å². The molecule has 2 aliphatic rings. The minimum atomic E-state index is -0.355. The Morgan fingerprint density at radius 2 is 2.13 bits per heavy atom. The zero-order valence-corrected chi connectivity index (χ0v) is 14.8. The van der Waals surface area contributed by atoms with Gasteiger partial charge in [-0.05, 0) is 42.9 Å². The van der Waals surface area contributed by atoms with Crippen LogP contribution in [0.4, 0.5) is 0 Å². The summed E-state index contributed by atoms with van der Waals surface area (Å²) in [6.07, 6.45) is 2.15. The standard InChI is InChI=1S/C17H22Cl2N2O2/c1-3-14(21-23-2)16-11(7-10-8-15(22)17(16)20-10)9-4-5-12(18)13(19)6-9/h4-6,10-11,15-17,20,22H,3,7-8H2,1-2H3/t10?,11-,15?,16+,17-/m0/s1. The number of oxime groups is 1. The number of hydrogen-bond acceptors (Lipinski definition) is 4. The van der Waals surface area contributed by atoms with Gasteiger partial charge in [-0.2, -0.15) is 0 Å². The van der Waals surface area contributed by atoms with E-state index in [1.807, 2.05) is 18.2 Å². The minimum absolute atomic E-state index is 0.00190. The van der Waals surface area contributed by atoms with Gasteiger partial charge in [0.25, 0.3) is 0 Å². The summed E-state index contributed by atoms with van der Waals surface area (Å²) < 4.78 is 0. The fourth-order valence-corrected chi connectivity index (χ4v) is 4.41. The lowest BCUT2D eigenvalue weighted by Gasteiger charge is -2.39. The van der Waals surface area contributed by atoms with Crippen LogP contribution in [-0.2, 0) is 4.84 Å². The van der Waals surface area contributed by atoms with Crippen molar-refractivity contribution >= 4 is 28.9 Å². The zero-order chi connectivity index (χ0) is 16.6. The van der Waals surface area contributed by atoms with E-state index in [1.165, 1.54) is 0 Å². The number of aliphatic hydroxyl groups excluding tert-OH is 1. The van der Waals surface area contributed by atoms with Gasteiger partial charge in [-0.3, -0.25) is 0 Å². The molecule has 0 saturated carbocycles. The van der Waals surface area contributed by atoms with Gasteiger partial charge in [-0.15, -0.1) is 0 Å². The van der Waals surface area contributed by atoms with Crippen molar-refractivity contribution in [2.45, 2.75) is 50.3 Å². The summed E-state index contributed by atoms with van der Waals surface area (Å²) in [5.74, 6) is 0.331. The van der Waals surface area contributed by atoms with Crippen LogP contribution in [0.15, 0.2) is 23.4 Å². The maximum Gasteiger partial charge on any atom is 0.106 e. The molecule has 2 fully saturated rings. The van der Waals surface area contributed by atoms with Crippen molar-refractivity contribution in [2.24, 2.45) is 11.1 Å². The predicted molar refractivity (Wildman–Crippen MR) is 93.4 cm³/mol. The third-order valence-corrected chi connectivity index (χ3v) is 5.79. The molecule has 1 aromatic carbocycles. The van der Waals surface area contributed by atoms with E-state index in [0.29, 0.717) is 16.1 Å². The van der Waals surface area contributed by atoms with E-state index in [2.05, 4.69) is 17.4 Å². The summed E-state index contributed by atoms with van der Waals surface area (Å²) in [7, 11) is 1.56. The summed E-state index contributed by atoms with van der Waals surface area (Å²) in [5.41, 5.74) is 2.12. The Bertz CT molecular complexity index is 608. The summed E-state index contributed by atoms with van der Waals surface area (Å²) in [6.45, 7) is 2.07. The van der Waals surface area contributed by atoms with Gasteiger partial charge in [0.15, 0.2) is 0 Å². The molecule has 0 spiro atoms. The number of nitrogens with zero attached hydrogens (tertiary/aromatic N) is 1. The van der Waals surface area contributed by atoms with E-state index in [-0.39, 0.29) is 24.0 Å². The minimum Gasteiger partial charge on any atom is -0.399 e. The van der Waals surface area contributed by atoms with E-state index in [1.54, 1.807) is 7.11 Å². The number of rotatable bonds is 4. The van der Waals surface area contributed by atoms with Crippen LogP contribution >= 0.6 is 23.2 Å². The third-order valence-electron chi connectivity index (χ3n) is 5.05. The lowest BCUT2D eigenvalue weighted by molar-refractivity contribution is 0.136. The molecule has 2 saturated heterocycles. The van der Waals surface area contributed by atoms with Crippen molar-refractivity contribution in [2.75, 3.05) is 7.11 Å². The maximum atomic E-state index is 10.4. The van der Waals surface area contributed by atoms with Crippen LogP contribution in [0, 0.1) is 5.92 Å². The first-order valence-corrected chi connectivity index (χ1v) is 8.79. The number of aliphatic hydroxyl groups is 1. The quantitative estimate of drug-likeness (QED) is 0.640. The lowest BCUT2D eigenvalue weighted by Crippen LogP contribution is -2.50. The van der Waals surface area contributed by atoms with Crippen molar-refractivity contribution in [3.8, 4) is 0 Å². The van der Waals surface area contributed by atoms with Crippen LogP contribution in [0.3, 0.4) is 0 Å². The molecule has 2 aliphatic heterocycles. The van der Waals surface area contributed by atoms with Crippen molar-refractivity contribution in [3.05, 3.63) is 33.8 Å². The fraction of sp³-hybridized carbons (Fsp3) is 0.588. The molecule has 2 unspecified atom stereocenters. The van der Waals surface area contributed by atoms with Crippen LogP contribution in [0.5, 0.6) is 0 Å². The van der Waals surface area contributed by atoms with Crippen molar-refractivity contribution in [1.29, 1.82) is 0 Å². The Labute approximate surface area is 146 Å². The Hall–Kier alpha value is -0.810. The van der Waals surface area contributed by atoms with Gasteiger partial charge in [0.2, 0.25) is 0 Å². The average molecular weight is 357 g/mol. The molecular formula is C17H22Cl2N2O2. The Morgan fingerprint density at radius 3 is 2.78 bits per heavy atom. The zero-order valence-electron chi connectivity index (χ0n) is 13.3. The van der Waals surface area contributed by atoms with Gasteiger partial charge in [0.1, 0.15) is 7.11 Å². The first-order valence-electron chi connectivity index (χ1n) is 8.04. The molecule has 3 rings (SSSR count). The maximum absolute atomic E-state index is 10.4. The average Bonchev–Trinajstić information content (AvgIpc) is 2.83. The highest BCUT2D eigenvalue weighted by molar-refractivity contribution is 6.42. The Balaban J connectivity index is 2.01. The normalized spacial score (nSPS) is 33.8. The van der Waals surface area contributed by atoms with Gasteiger partial charge >= 0.3 is 0 Å². The monoisotopic (exact) mass is 356 g/mol. The molecule has 2 N–H and O–H groups in total. The molecule has 1 aromatic rings. The van der Waals surface area contributed by atoms with Gasteiger partial charge < -0.3 is 15.3 Å². The van der Waals surface area contributed by atoms with Crippen LogP contribution in [0.1, 0.15) is 37.7 Å². The van der Waals surface area contributed by atoms with Crippen molar-refractivity contribution in [1.82, 2.24) is 5.32 Å². The number of nitrogens with one attached hydrogen (secondary N) is 1. The van der Waals surface area contributed by atoms with Gasteiger partial charge in [0.05, 0.1) is 21.9 Å². The second-order valence-corrected chi connectivity index (χ2v) is 7.17. The Kier molecular flexibility index (Phi) is 5.16. The lowest BCUT2D eigenvalue weighted by atomic mass is 9.73. The number of hydrogen-bond donors (Lipinski definition) is 2. The van der Waals surface area contributed by atoms with Crippen LogP contribution in [0.25, 0.3) is 0 Å². The molecule has 2 bridgehead atoms. The largest absolute Gasteiger partial charge is 0.399 e. The third kappa shape index (κ3) is 3.22. The first-order chi connectivity index (χ1) is 11.0. The van der Waals surface area contributed by atoms with Crippen LogP contribution in [0.2, 0.25) is 10.0 Å². The first kappa shape index (κ1) is 17.0. The second-order valence-electron chi connectivity index (χ2n) is 6.35. The highest BCUT2D eigenvalue weighted by Gasteiger charge is 2.48. The molecule has 126 valence electrons. The summed E-state index contributed by atoms with van der Waals surface area (Å²) in [4.78, 5) is 5.05. The van der Waals surface area contributed by atoms with E-state index in [0.717, 1.165) is 30.5 Å². The van der Waals surface area contributed by atoms with Crippen LogP contribution in [-0.4, -0.2) is 36.1 Å². The predicted octanol–water partition coefficient (Wildman–Crippen LogP) is 3.60. The van der Waals surface area contributed by atoms with E-state index in [9.17, 15) is 5.11 Å². The Morgan fingerprint density at radius 1 is 1.35 bits per heavy atom. The highest BCUT2D eigenvalue weighted by atomic mass is 35.5. The molecule has 0 aromatic heterocycles. The molecule has 2 heterocycles. The number of fused-ring (bicyclic) bond motifs is 2. The molecule has 0 amide bonds. The second kappa shape index (κ2) is 6.98. The van der Waals surface area contributed by atoms with E-state index in [4.69, 9.17) is 28.0 Å². The van der Waals surface area contributed by atoms with E-state index >= 15 is 0 Å². The van der Waals surface area contributed by atoms with Crippen molar-refractivity contribution in [3.63, 3.8) is 0 Å². The van der Waals surface area contributed by atoms with Gasteiger partial charge in [0, 0.05) is 18.0 Å². The molecular weight excluding hydrogens is 335 g/mol. The topological polar surface area (TPSA) is 53.9 Å². The molecule has 5 atom stereocenters. The SMILES string of the molecule is CCC(=NOC)[C@H]1[C@H](c2ccc(Cl)c(Cl)c2)CC2CC(O)[C@@H]1N2. The molecule has 0 aliphatic carbocycles. The summed E-state index contributed by atoms with van der Waals surface area (Å²) in [6, 6.07) is 6.14. The fourth-order valence-electron chi connectivity index (χ4n) is 4.10. The number of benzene rings is 1. The summed E-state index contributed by atoms with van der Waals surface area (Å²) in [5, 5.41) is 19.3. The van der Waals surface area contributed by atoms with Gasteiger partial charge in [-0.1, -0.05) is 41.3 Å². The van der Waals surface area contributed by atoms with Gasteiger partial charge in [-0.25, -0.2) is 0 Å². The van der Waals surface area contributed by atoms with Crippen molar-refractivity contribution < 1.29 is 9.94 Å². The van der Waals surface area contributed by atoms with E-state index < -0.39 is 0 Å². The number of piperidine rings is 1. The highest BCUT2D eigenvalue weighted by Crippen LogP contribution is 2.44. The molecule has 0 radical (unpaired) electrons.